The van der Waals surface area contributed by atoms with E-state index in [2.05, 4.69) is 15.3 Å². The molecule has 1 fully saturated rings. The Kier molecular flexibility index (Phi) is 4.47. The van der Waals surface area contributed by atoms with Gasteiger partial charge in [0.2, 0.25) is 10.0 Å². The molecule has 29 heavy (non-hydrogen) atoms. The van der Waals surface area contributed by atoms with E-state index in [-0.39, 0.29) is 11.4 Å². The molecule has 1 aliphatic heterocycles. The first kappa shape index (κ1) is 18.4. The zero-order valence-corrected chi connectivity index (χ0v) is 16.9. The number of hydrogen-bond acceptors (Lipinski definition) is 7. The monoisotopic (exact) mass is 426 g/mol. The Morgan fingerprint density at radius 3 is 2.90 bits per heavy atom. The molecule has 0 spiro atoms. The molecule has 4 aromatic rings. The van der Waals surface area contributed by atoms with E-state index in [0.717, 1.165) is 21.6 Å². The number of sulfonamides is 1. The minimum absolute atomic E-state index is 0.115. The van der Waals surface area contributed by atoms with E-state index in [1.54, 1.807) is 29.7 Å². The number of pyridine rings is 1. The molecule has 1 unspecified atom stereocenters. The molecular weight excluding hydrogens is 408 g/mol. The smallest absolute Gasteiger partial charge is 0.245 e. The van der Waals surface area contributed by atoms with E-state index in [1.165, 1.54) is 4.31 Å². The second-order valence-electron chi connectivity index (χ2n) is 6.98. The average molecular weight is 427 g/mol. The highest BCUT2D eigenvalue weighted by molar-refractivity contribution is 7.89. The summed E-state index contributed by atoms with van der Waals surface area (Å²) in [5.74, 6) is 0. The molecular formula is C20H18N4O3S2. The number of anilines is 2. The summed E-state index contributed by atoms with van der Waals surface area (Å²) in [6, 6.07) is 12.9. The lowest BCUT2D eigenvalue weighted by atomic mass is 10.2. The summed E-state index contributed by atoms with van der Waals surface area (Å²) in [5.41, 5.74) is 4.76. The van der Waals surface area contributed by atoms with Crippen molar-refractivity contribution in [1.29, 1.82) is 0 Å². The predicted octanol–water partition coefficient (Wildman–Crippen LogP) is 3.34. The minimum Gasteiger partial charge on any atom is -0.392 e. The van der Waals surface area contributed by atoms with Gasteiger partial charge in [-0.25, -0.2) is 13.4 Å². The molecule has 2 aromatic carbocycles. The van der Waals surface area contributed by atoms with Crippen LogP contribution >= 0.6 is 11.3 Å². The Morgan fingerprint density at radius 2 is 2.07 bits per heavy atom. The lowest BCUT2D eigenvalue weighted by molar-refractivity contribution is 0.189. The van der Waals surface area contributed by atoms with Crippen LogP contribution in [0, 0.1) is 0 Å². The van der Waals surface area contributed by atoms with Gasteiger partial charge in [-0.15, -0.1) is 11.3 Å². The highest BCUT2D eigenvalue weighted by atomic mass is 32.2. The zero-order chi connectivity index (χ0) is 20.0. The topological polar surface area (TPSA) is 95.4 Å². The molecule has 1 saturated heterocycles. The summed E-state index contributed by atoms with van der Waals surface area (Å²) in [5, 5.41) is 13.8. The molecule has 5 rings (SSSR count). The SMILES string of the molecule is O=S(=O)(c1cccc2c(Nc3ccc4scnc4c3)ccnc12)N1CCC(O)C1. The van der Waals surface area contributed by atoms with Gasteiger partial charge in [-0.2, -0.15) is 4.31 Å². The number of aromatic nitrogens is 2. The molecule has 0 bridgehead atoms. The first-order valence-electron chi connectivity index (χ1n) is 9.18. The number of benzene rings is 2. The summed E-state index contributed by atoms with van der Waals surface area (Å²) in [6.45, 7) is 0.426. The Balaban J connectivity index is 1.57. The summed E-state index contributed by atoms with van der Waals surface area (Å²) >= 11 is 1.58. The molecule has 0 radical (unpaired) electrons. The zero-order valence-electron chi connectivity index (χ0n) is 15.3. The van der Waals surface area contributed by atoms with Crippen LogP contribution < -0.4 is 5.32 Å². The number of rotatable bonds is 4. The van der Waals surface area contributed by atoms with Crippen molar-refractivity contribution in [1.82, 2.24) is 14.3 Å². The van der Waals surface area contributed by atoms with Crippen molar-refractivity contribution >= 4 is 53.9 Å². The second kappa shape index (κ2) is 7.03. The largest absolute Gasteiger partial charge is 0.392 e. The van der Waals surface area contributed by atoms with Gasteiger partial charge in [-0.3, -0.25) is 4.98 Å². The molecule has 1 aliphatic rings. The van der Waals surface area contributed by atoms with Crippen LogP contribution in [0.25, 0.3) is 21.1 Å². The number of para-hydroxylation sites is 1. The normalized spacial score (nSPS) is 17.9. The number of β-amino-alcohol motifs (C(OH)–C–C–N with tert-alkyl or cyclic N) is 1. The van der Waals surface area contributed by atoms with Crippen LogP contribution in [0.3, 0.4) is 0 Å². The fourth-order valence-electron chi connectivity index (χ4n) is 3.63. The number of fused-ring (bicyclic) bond motifs is 2. The van der Waals surface area contributed by atoms with Gasteiger partial charge in [0.25, 0.3) is 0 Å². The van der Waals surface area contributed by atoms with Gasteiger partial charge in [0.1, 0.15) is 4.90 Å². The molecule has 0 aliphatic carbocycles. The van der Waals surface area contributed by atoms with Crippen LogP contribution in [0.5, 0.6) is 0 Å². The van der Waals surface area contributed by atoms with Gasteiger partial charge >= 0.3 is 0 Å². The van der Waals surface area contributed by atoms with Crippen LogP contribution in [-0.2, 0) is 10.0 Å². The molecule has 9 heteroatoms. The van der Waals surface area contributed by atoms with E-state index in [9.17, 15) is 13.5 Å². The summed E-state index contributed by atoms with van der Waals surface area (Å²) in [7, 11) is -3.73. The third kappa shape index (κ3) is 3.25. The molecule has 3 heterocycles. The highest BCUT2D eigenvalue weighted by Crippen LogP contribution is 2.32. The average Bonchev–Trinajstić information content (AvgIpc) is 3.36. The van der Waals surface area contributed by atoms with Crippen LogP contribution in [0.1, 0.15) is 6.42 Å². The second-order valence-corrected chi connectivity index (χ2v) is 9.77. The quantitative estimate of drug-likeness (QED) is 0.520. The number of nitrogens with one attached hydrogen (secondary N) is 1. The Hall–Kier alpha value is -2.59. The van der Waals surface area contributed by atoms with E-state index in [0.29, 0.717) is 23.9 Å². The van der Waals surface area contributed by atoms with Gasteiger partial charge in [-0.05, 0) is 36.8 Å². The lowest BCUT2D eigenvalue weighted by Crippen LogP contribution is -2.30. The van der Waals surface area contributed by atoms with Crippen molar-refractivity contribution in [2.45, 2.75) is 17.4 Å². The highest BCUT2D eigenvalue weighted by Gasteiger charge is 2.33. The first-order valence-corrected chi connectivity index (χ1v) is 11.5. The summed E-state index contributed by atoms with van der Waals surface area (Å²) < 4.78 is 28.7. The van der Waals surface area contributed by atoms with Crippen molar-refractivity contribution < 1.29 is 13.5 Å². The molecule has 2 N–H and O–H groups in total. The van der Waals surface area contributed by atoms with E-state index >= 15 is 0 Å². The maximum absolute atomic E-state index is 13.1. The summed E-state index contributed by atoms with van der Waals surface area (Å²) in [6.07, 6.45) is 1.43. The Bertz CT molecular complexity index is 1320. The molecule has 0 amide bonds. The molecule has 7 nitrogen and oxygen atoms in total. The van der Waals surface area contributed by atoms with Crippen LogP contribution in [0.15, 0.2) is 59.1 Å². The van der Waals surface area contributed by atoms with Gasteiger partial charge in [-0.1, -0.05) is 12.1 Å². The van der Waals surface area contributed by atoms with Crippen LogP contribution in [0.4, 0.5) is 11.4 Å². The molecule has 148 valence electrons. The van der Waals surface area contributed by atoms with Gasteiger partial charge in [0, 0.05) is 36.0 Å². The van der Waals surface area contributed by atoms with Crippen LogP contribution in [0.2, 0.25) is 0 Å². The third-order valence-corrected chi connectivity index (χ3v) is 7.79. The lowest BCUT2D eigenvalue weighted by Gasteiger charge is -2.17. The number of aliphatic hydroxyl groups is 1. The van der Waals surface area contributed by atoms with Gasteiger partial charge in [0.15, 0.2) is 0 Å². The Labute approximate surface area is 171 Å². The number of hydrogen-bond donors (Lipinski definition) is 2. The summed E-state index contributed by atoms with van der Waals surface area (Å²) in [4.78, 5) is 8.86. The Morgan fingerprint density at radius 1 is 1.17 bits per heavy atom. The predicted molar refractivity (Wildman–Crippen MR) is 114 cm³/mol. The maximum atomic E-state index is 13.1. The fourth-order valence-corrected chi connectivity index (χ4v) is 5.93. The van der Waals surface area contributed by atoms with E-state index in [1.807, 2.05) is 35.8 Å². The van der Waals surface area contributed by atoms with Crippen LogP contribution in [-0.4, -0.2) is 47.0 Å². The first-order chi connectivity index (χ1) is 14.0. The van der Waals surface area contributed by atoms with Crippen molar-refractivity contribution in [2.24, 2.45) is 0 Å². The molecule has 2 aromatic heterocycles. The molecule has 1 atom stereocenters. The molecule has 0 saturated carbocycles. The third-order valence-electron chi connectivity index (χ3n) is 5.09. The fraction of sp³-hybridized carbons (Fsp3) is 0.200. The standard InChI is InChI=1S/C20H18N4O3S2/c25-14-7-9-24(11-14)29(26,27)19-3-1-2-15-16(6-8-21-20(15)19)23-13-4-5-18-17(10-13)22-12-28-18/h1-6,8,10,12,14,25H,7,9,11H2,(H,21,23). The van der Waals surface area contributed by atoms with Crippen molar-refractivity contribution in [3.05, 3.63) is 54.2 Å². The van der Waals surface area contributed by atoms with Crippen molar-refractivity contribution in [3.63, 3.8) is 0 Å². The van der Waals surface area contributed by atoms with E-state index in [4.69, 9.17) is 0 Å². The van der Waals surface area contributed by atoms with Gasteiger partial charge in [0.05, 0.1) is 27.3 Å². The van der Waals surface area contributed by atoms with Crippen molar-refractivity contribution in [3.8, 4) is 0 Å². The number of nitrogens with zero attached hydrogens (tertiary/aromatic N) is 3. The maximum Gasteiger partial charge on any atom is 0.245 e. The van der Waals surface area contributed by atoms with E-state index < -0.39 is 16.1 Å². The number of aliphatic hydroxyl groups excluding tert-OH is 1. The van der Waals surface area contributed by atoms with Crippen molar-refractivity contribution in [2.75, 3.05) is 18.4 Å². The number of thiazole rings is 1. The van der Waals surface area contributed by atoms with Gasteiger partial charge < -0.3 is 10.4 Å². The minimum atomic E-state index is -3.73.